The maximum Gasteiger partial charge on any atom is 0.124 e. The predicted molar refractivity (Wildman–Crippen MR) is 77.8 cm³/mol. The van der Waals surface area contributed by atoms with Crippen LogP contribution in [0.5, 0.6) is 11.5 Å². The lowest BCUT2D eigenvalue weighted by Gasteiger charge is -2.21. The molecule has 2 aromatic rings. The van der Waals surface area contributed by atoms with Gasteiger partial charge < -0.3 is 19.9 Å². The number of aryl methyl sites for hydroxylation is 1. The van der Waals surface area contributed by atoms with Crippen molar-refractivity contribution in [1.29, 1.82) is 0 Å². The monoisotopic (exact) mass is 275 g/mol. The lowest BCUT2D eigenvalue weighted by molar-refractivity contribution is 0.409. The van der Waals surface area contributed by atoms with Crippen LogP contribution in [0.1, 0.15) is 37.6 Å². The van der Waals surface area contributed by atoms with Crippen LogP contribution in [-0.2, 0) is 6.42 Å². The predicted octanol–water partition coefficient (Wildman–Crippen LogP) is 3.36. The molecule has 0 spiro atoms. The summed E-state index contributed by atoms with van der Waals surface area (Å²) in [5.41, 5.74) is 0.785. The summed E-state index contributed by atoms with van der Waals surface area (Å²) in [4.78, 5) is 0. The second kappa shape index (κ2) is 6.48. The molecule has 3 N–H and O–H groups in total. The molecule has 1 aromatic carbocycles. The van der Waals surface area contributed by atoms with Crippen molar-refractivity contribution in [1.82, 2.24) is 5.32 Å². The summed E-state index contributed by atoms with van der Waals surface area (Å²) in [5, 5.41) is 22.6. The van der Waals surface area contributed by atoms with Crippen LogP contribution in [0.15, 0.2) is 41.0 Å². The Bertz CT molecular complexity index is 537. The first kappa shape index (κ1) is 14.5. The van der Waals surface area contributed by atoms with Gasteiger partial charge in [0.2, 0.25) is 0 Å². The van der Waals surface area contributed by atoms with Crippen molar-refractivity contribution in [2.24, 2.45) is 0 Å². The van der Waals surface area contributed by atoms with Crippen LogP contribution in [0, 0.1) is 0 Å². The Labute approximate surface area is 119 Å². The Morgan fingerprint density at radius 3 is 2.65 bits per heavy atom. The number of phenolic OH excluding ortho intramolecular Hbond substituents is 2. The zero-order chi connectivity index (χ0) is 14.5. The highest BCUT2D eigenvalue weighted by Crippen LogP contribution is 2.28. The summed E-state index contributed by atoms with van der Waals surface area (Å²) >= 11 is 0. The molecular weight excluding hydrogens is 254 g/mol. The van der Waals surface area contributed by atoms with Gasteiger partial charge in [-0.3, -0.25) is 0 Å². The normalized spacial score (nSPS) is 14.1. The molecule has 108 valence electrons. The molecule has 0 saturated heterocycles. The van der Waals surface area contributed by atoms with Crippen LogP contribution >= 0.6 is 0 Å². The Balaban J connectivity index is 1.88. The van der Waals surface area contributed by atoms with E-state index in [4.69, 9.17) is 4.42 Å². The van der Waals surface area contributed by atoms with Gasteiger partial charge in [0.25, 0.3) is 0 Å². The lowest BCUT2D eigenvalue weighted by Crippen LogP contribution is -2.29. The molecule has 1 heterocycles. The second-order valence-electron chi connectivity index (χ2n) is 5.15. The maximum absolute atomic E-state index is 9.84. The average Bonchev–Trinajstić information content (AvgIpc) is 2.89. The van der Waals surface area contributed by atoms with E-state index in [9.17, 15) is 10.2 Å². The van der Waals surface area contributed by atoms with E-state index in [0.29, 0.717) is 6.04 Å². The van der Waals surface area contributed by atoms with Crippen LogP contribution in [0.3, 0.4) is 0 Å². The van der Waals surface area contributed by atoms with Gasteiger partial charge in [0.05, 0.1) is 6.26 Å². The molecular formula is C16H21NO3. The Kier molecular flexibility index (Phi) is 4.69. The zero-order valence-electron chi connectivity index (χ0n) is 11.8. The summed E-state index contributed by atoms with van der Waals surface area (Å²) in [6, 6.07) is 8.86. The van der Waals surface area contributed by atoms with Gasteiger partial charge in [0, 0.05) is 30.1 Å². The van der Waals surface area contributed by atoms with Gasteiger partial charge in [-0.25, -0.2) is 0 Å². The van der Waals surface area contributed by atoms with Crippen LogP contribution < -0.4 is 5.32 Å². The van der Waals surface area contributed by atoms with Crippen molar-refractivity contribution in [2.45, 2.75) is 38.8 Å². The van der Waals surface area contributed by atoms with Crippen LogP contribution in [0.4, 0.5) is 0 Å². The minimum absolute atomic E-state index is 0.0159. The first-order valence-electron chi connectivity index (χ1n) is 6.86. The van der Waals surface area contributed by atoms with Gasteiger partial charge in [-0.15, -0.1) is 0 Å². The molecule has 2 rings (SSSR count). The number of aromatic hydroxyl groups is 2. The van der Waals surface area contributed by atoms with Crippen LogP contribution in [-0.4, -0.2) is 16.3 Å². The standard InChI is InChI=1S/C16H21NO3/c1-11(5-7-14-4-3-9-20-14)17-12(2)15-8-6-13(18)10-16(15)19/h3-4,6,8-12,17-19H,5,7H2,1-2H3. The molecule has 0 fully saturated rings. The maximum atomic E-state index is 9.84. The number of hydrogen-bond acceptors (Lipinski definition) is 4. The van der Waals surface area contributed by atoms with E-state index in [1.165, 1.54) is 6.07 Å². The number of phenols is 2. The molecule has 0 aliphatic carbocycles. The fourth-order valence-electron chi connectivity index (χ4n) is 2.31. The smallest absolute Gasteiger partial charge is 0.124 e. The van der Waals surface area contributed by atoms with Crippen molar-refractivity contribution in [3.05, 3.63) is 47.9 Å². The summed E-state index contributed by atoms with van der Waals surface area (Å²) in [6.07, 6.45) is 3.52. The summed E-state index contributed by atoms with van der Waals surface area (Å²) in [6.45, 7) is 4.10. The summed E-state index contributed by atoms with van der Waals surface area (Å²) in [5.74, 6) is 1.17. The number of rotatable bonds is 6. The fraction of sp³-hybridized carbons (Fsp3) is 0.375. The molecule has 1 aromatic heterocycles. The van der Waals surface area contributed by atoms with E-state index >= 15 is 0 Å². The zero-order valence-corrected chi connectivity index (χ0v) is 11.8. The largest absolute Gasteiger partial charge is 0.508 e. The molecule has 0 saturated carbocycles. The third-order valence-corrected chi connectivity index (χ3v) is 3.42. The fourth-order valence-corrected chi connectivity index (χ4v) is 2.31. The molecule has 2 atom stereocenters. The minimum atomic E-state index is 0.0159. The molecule has 4 nitrogen and oxygen atoms in total. The summed E-state index contributed by atoms with van der Waals surface area (Å²) < 4.78 is 5.31. The van der Waals surface area contributed by atoms with Gasteiger partial charge in [0.15, 0.2) is 0 Å². The molecule has 0 amide bonds. The molecule has 0 aliphatic rings. The Morgan fingerprint density at radius 2 is 2.00 bits per heavy atom. The quantitative estimate of drug-likeness (QED) is 0.756. The number of hydrogen-bond donors (Lipinski definition) is 3. The van der Waals surface area contributed by atoms with Crippen molar-refractivity contribution in [2.75, 3.05) is 0 Å². The van der Waals surface area contributed by atoms with Gasteiger partial charge in [0.1, 0.15) is 17.3 Å². The van der Waals surface area contributed by atoms with E-state index < -0.39 is 0 Å². The van der Waals surface area contributed by atoms with E-state index in [-0.39, 0.29) is 17.5 Å². The topological polar surface area (TPSA) is 65.6 Å². The number of nitrogens with one attached hydrogen (secondary N) is 1. The van der Waals surface area contributed by atoms with E-state index in [1.54, 1.807) is 18.4 Å². The lowest BCUT2D eigenvalue weighted by atomic mass is 10.0. The molecule has 0 radical (unpaired) electrons. The molecule has 20 heavy (non-hydrogen) atoms. The first-order valence-corrected chi connectivity index (χ1v) is 6.86. The molecule has 4 heteroatoms. The molecule has 2 unspecified atom stereocenters. The van der Waals surface area contributed by atoms with Crippen molar-refractivity contribution in [3.8, 4) is 11.5 Å². The van der Waals surface area contributed by atoms with E-state index in [2.05, 4.69) is 12.2 Å². The second-order valence-corrected chi connectivity index (χ2v) is 5.15. The van der Waals surface area contributed by atoms with Gasteiger partial charge in [-0.05, 0) is 38.5 Å². The van der Waals surface area contributed by atoms with Crippen molar-refractivity contribution in [3.63, 3.8) is 0 Å². The van der Waals surface area contributed by atoms with Crippen LogP contribution in [0.2, 0.25) is 0 Å². The summed E-state index contributed by atoms with van der Waals surface area (Å²) in [7, 11) is 0. The number of furan rings is 1. The van der Waals surface area contributed by atoms with E-state index in [1.807, 2.05) is 19.1 Å². The van der Waals surface area contributed by atoms with Crippen LogP contribution in [0.25, 0.3) is 0 Å². The van der Waals surface area contributed by atoms with Crippen molar-refractivity contribution < 1.29 is 14.6 Å². The highest BCUT2D eigenvalue weighted by Gasteiger charge is 2.13. The third kappa shape index (κ3) is 3.78. The highest BCUT2D eigenvalue weighted by atomic mass is 16.3. The minimum Gasteiger partial charge on any atom is -0.508 e. The Morgan fingerprint density at radius 1 is 1.20 bits per heavy atom. The van der Waals surface area contributed by atoms with Crippen molar-refractivity contribution >= 4 is 0 Å². The first-order chi connectivity index (χ1) is 9.56. The average molecular weight is 275 g/mol. The molecule has 0 bridgehead atoms. The molecule has 0 aliphatic heterocycles. The number of benzene rings is 1. The van der Waals surface area contributed by atoms with Gasteiger partial charge in [-0.1, -0.05) is 6.07 Å². The third-order valence-electron chi connectivity index (χ3n) is 3.42. The van der Waals surface area contributed by atoms with E-state index in [0.717, 1.165) is 24.2 Å². The highest BCUT2D eigenvalue weighted by molar-refractivity contribution is 5.40. The van der Waals surface area contributed by atoms with Gasteiger partial charge >= 0.3 is 0 Å². The SMILES string of the molecule is CC(CCc1ccco1)NC(C)c1ccc(O)cc1O. The Hall–Kier alpha value is -1.94. The van der Waals surface area contributed by atoms with Gasteiger partial charge in [-0.2, -0.15) is 0 Å².